The fraction of sp³-hybridized carbons (Fsp3) is 0.250. The van der Waals surface area contributed by atoms with Crippen LogP contribution in [0.2, 0.25) is 0 Å². The van der Waals surface area contributed by atoms with Crippen LogP contribution >= 0.6 is 0 Å². The van der Waals surface area contributed by atoms with Gasteiger partial charge in [-0.1, -0.05) is 18.2 Å². The number of carboxylic acids is 1. The minimum Gasteiger partial charge on any atom is -0.481 e. The summed E-state index contributed by atoms with van der Waals surface area (Å²) in [6.07, 6.45) is -0.295. The Balaban J connectivity index is 2.01. The van der Waals surface area contributed by atoms with Crippen molar-refractivity contribution in [1.82, 2.24) is 14.8 Å². The SMILES string of the molecule is CCn1nc(NC(=O)CCC(=O)O)c2cc3ccccc3nc21. The number of amides is 1. The summed E-state index contributed by atoms with van der Waals surface area (Å²) in [7, 11) is 0. The van der Waals surface area contributed by atoms with E-state index < -0.39 is 5.97 Å². The number of pyridine rings is 1. The van der Waals surface area contributed by atoms with Gasteiger partial charge in [0, 0.05) is 18.4 Å². The Morgan fingerprint density at radius 2 is 2.04 bits per heavy atom. The first-order valence-corrected chi connectivity index (χ1v) is 7.36. The maximum Gasteiger partial charge on any atom is 0.303 e. The van der Waals surface area contributed by atoms with Crippen LogP contribution < -0.4 is 5.32 Å². The second kappa shape index (κ2) is 6.04. The van der Waals surface area contributed by atoms with Gasteiger partial charge in [0.2, 0.25) is 5.91 Å². The molecule has 1 aromatic carbocycles. The Labute approximate surface area is 131 Å². The zero-order valence-electron chi connectivity index (χ0n) is 12.6. The van der Waals surface area contributed by atoms with E-state index in [0.717, 1.165) is 16.3 Å². The first-order valence-electron chi connectivity index (χ1n) is 7.36. The highest BCUT2D eigenvalue weighted by Crippen LogP contribution is 2.26. The Hall–Kier alpha value is -2.96. The number of aryl methyl sites for hydroxylation is 1. The van der Waals surface area contributed by atoms with E-state index in [1.54, 1.807) is 4.68 Å². The lowest BCUT2D eigenvalue weighted by molar-refractivity contribution is -0.138. The van der Waals surface area contributed by atoms with Crippen LogP contribution in [0.15, 0.2) is 30.3 Å². The summed E-state index contributed by atoms with van der Waals surface area (Å²) in [5.74, 6) is -0.963. The summed E-state index contributed by atoms with van der Waals surface area (Å²) in [4.78, 5) is 27.0. The molecule has 0 fully saturated rings. The molecular weight excluding hydrogens is 296 g/mol. The smallest absolute Gasteiger partial charge is 0.303 e. The molecule has 23 heavy (non-hydrogen) atoms. The van der Waals surface area contributed by atoms with Crippen LogP contribution in [0.25, 0.3) is 21.9 Å². The number of nitrogens with zero attached hydrogens (tertiary/aromatic N) is 3. The molecule has 0 radical (unpaired) electrons. The molecule has 0 saturated carbocycles. The van der Waals surface area contributed by atoms with Gasteiger partial charge in [-0.15, -0.1) is 0 Å². The van der Waals surface area contributed by atoms with Gasteiger partial charge in [0.1, 0.15) is 0 Å². The van der Waals surface area contributed by atoms with Crippen molar-refractivity contribution in [3.63, 3.8) is 0 Å². The summed E-state index contributed by atoms with van der Waals surface area (Å²) in [5.41, 5.74) is 1.55. The number of hydrogen-bond donors (Lipinski definition) is 2. The Morgan fingerprint density at radius 1 is 1.26 bits per heavy atom. The minimum absolute atomic E-state index is 0.0865. The second-order valence-electron chi connectivity index (χ2n) is 5.16. The van der Waals surface area contributed by atoms with E-state index in [9.17, 15) is 9.59 Å². The van der Waals surface area contributed by atoms with Gasteiger partial charge in [-0.25, -0.2) is 9.67 Å². The van der Waals surface area contributed by atoms with Crippen molar-refractivity contribution < 1.29 is 14.7 Å². The summed E-state index contributed by atoms with van der Waals surface area (Å²) in [6, 6.07) is 9.64. The van der Waals surface area contributed by atoms with Crippen molar-refractivity contribution in [2.75, 3.05) is 5.32 Å². The summed E-state index contributed by atoms with van der Waals surface area (Å²) in [5, 5.41) is 17.4. The zero-order chi connectivity index (χ0) is 16.4. The maximum atomic E-state index is 11.9. The normalized spacial score (nSPS) is 11.0. The van der Waals surface area contributed by atoms with Gasteiger partial charge in [0.25, 0.3) is 0 Å². The van der Waals surface area contributed by atoms with Crippen LogP contribution in [0.4, 0.5) is 5.82 Å². The topological polar surface area (TPSA) is 97.1 Å². The number of fused-ring (bicyclic) bond motifs is 2. The molecule has 1 amide bonds. The molecule has 7 heteroatoms. The van der Waals surface area contributed by atoms with Crippen molar-refractivity contribution in [2.45, 2.75) is 26.3 Å². The number of benzene rings is 1. The third-order valence-electron chi connectivity index (χ3n) is 3.55. The van der Waals surface area contributed by atoms with Crippen molar-refractivity contribution in [3.05, 3.63) is 30.3 Å². The Morgan fingerprint density at radius 3 is 2.78 bits per heavy atom. The van der Waals surface area contributed by atoms with Gasteiger partial charge in [-0.3, -0.25) is 9.59 Å². The third-order valence-corrected chi connectivity index (χ3v) is 3.55. The van der Waals surface area contributed by atoms with E-state index in [1.807, 2.05) is 37.3 Å². The van der Waals surface area contributed by atoms with E-state index in [0.29, 0.717) is 18.0 Å². The number of para-hydroxylation sites is 1. The lowest BCUT2D eigenvalue weighted by Crippen LogP contribution is -2.14. The van der Waals surface area contributed by atoms with Crippen LogP contribution in [0.3, 0.4) is 0 Å². The van der Waals surface area contributed by atoms with E-state index in [2.05, 4.69) is 15.4 Å². The molecular formula is C16H16N4O3. The lowest BCUT2D eigenvalue weighted by Gasteiger charge is -2.01. The lowest BCUT2D eigenvalue weighted by atomic mass is 10.2. The summed E-state index contributed by atoms with van der Waals surface area (Å²) >= 11 is 0. The number of anilines is 1. The number of carbonyl (C=O) groups is 2. The van der Waals surface area contributed by atoms with Crippen LogP contribution in [-0.2, 0) is 16.1 Å². The molecule has 7 nitrogen and oxygen atoms in total. The van der Waals surface area contributed by atoms with Gasteiger partial charge >= 0.3 is 5.97 Å². The molecule has 0 atom stereocenters. The average molecular weight is 312 g/mol. The third kappa shape index (κ3) is 2.98. The number of aromatic nitrogens is 3. The predicted octanol–water partition coefficient (Wildman–Crippen LogP) is 2.41. The summed E-state index contributed by atoms with van der Waals surface area (Å²) in [6.45, 7) is 2.56. The fourth-order valence-electron chi connectivity index (χ4n) is 2.43. The molecule has 0 spiro atoms. The molecule has 0 bridgehead atoms. The van der Waals surface area contributed by atoms with E-state index in [4.69, 9.17) is 5.11 Å². The molecule has 2 heterocycles. The molecule has 3 aromatic rings. The zero-order valence-corrected chi connectivity index (χ0v) is 12.6. The standard InChI is InChI=1S/C16H16N4O3/c1-2-20-16-11(9-10-5-3-4-6-12(10)17-16)15(19-20)18-13(21)7-8-14(22)23/h3-6,9H,2,7-8H2,1H3,(H,22,23)(H,18,19,21). The number of nitrogens with one attached hydrogen (secondary N) is 1. The van der Waals surface area contributed by atoms with Gasteiger partial charge in [-0.2, -0.15) is 5.10 Å². The minimum atomic E-state index is -1.00. The van der Waals surface area contributed by atoms with Crippen LogP contribution in [0.5, 0.6) is 0 Å². The van der Waals surface area contributed by atoms with Crippen molar-refractivity contribution in [1.29, 1.82) is 0 Å². The van der Waals surface area contributed by atoms with Crippen LogP contribution in [0, 0.1) is 0 Å². The number of hydrogen-bond acceptors (Lipinski definition) is 4. The number of aliphatic carboxylic acids is 1. The van der Waals surface area contributed by atoms with Crippen LogP contribution in [0.1, 0.15) is 19.8 Å². The highest BCUT2D eigenvalue weighted by atomic mass is 16.4. The van der Waals surface area contributed by atoms with E-state index >= 15 is 0 Å². The molecule has 2 N–H and O–H groups in total. The van der Waals surface area contributed by atoms with Crippen molar-refractivity contribution in [3.8, 4) is 0 Å². The largest absolute Gasteiger partial charge is 0.481 e. The van der Waals surface area contributed by atoms with Gasteiger partial charge < -0.3 is 10.4 Å². The number of carboxylic acid groups (broad SMARTS) is 1. The first kappa shape index (κ1) is 15.0. The molecule has 0 aliphatic heterocycles. The maximum absolute atomic E-state index is 11.9. The van der Waals surface area contributed by atoms with E-state index in [-0.39, 0.29) is 18.7 Å². The molecule has 118 valence electrons. The van der Waals surface area contributed by atoms with Gasteiger partial charge in [-0.05, 0) is 19.1 Å². The number of carbonyl (C=O) groups excluding carboxylic acids is 1. The van der Waals surface area contributed by atoms with Crippen molar-refractivity contribution in [2.24, 2.45) is 0 Å². The number of rotatable bonds is 5. The van der Waals surface area contributed by atoms with Crippen molar-refractivity contribution >= 4 is 39.6 Å². The summed E-state index contributed by atoms with van der Waals surface area (Å²) < 4.78 is 1.72. The Kier molecular flexibility index (Phi) is 3.92. The van der Waals surface area contributed by atoms with Crippen LogP contribution in [-0.4, -0.2) is 31.7 Å². The first-order chi connectivity index (χ1) is 11.1. The molecule has 2 aromatic heterocycles. The van der Waals surface area contributed by atoms with E-state index in [1.165, 1.54) is 0 Å². The Bertz CT molecular complexity index is 901. The fourth-order valence-corrected chi connectivity index (χ4v) is 2.43. The average Bonchev–Trinajstić information content (AvgIpc) is 2.88. The molecule has 0 aliphatic carbocycles. The molecule has 0 unspecified atom stereocenters. The van der Waals surface area contributed by atoms with Gasteiger partial charge in [0.15, 0.2) is 11.5 Å². The molecule has 3 rings (SSSR count). The predicted molar refractivity (Wildman–Crippen MR) is 86.2 cm³/mol. The monoisotopic (exact) mass is 312 g/mol. The molecule has 0 aliphatic rings. The molecule has 0 saturated heterocycles. The quantitative estimate of drug-likeness (QED) is 0.754. The van der Waals surface area contributed by atoms with Gasteiger partial charge in [0.05, 0.1) is 17.3 Å². The highest BCUT2D eigenvalue weighted by Gasteiger charge is 2.15. The highest BCUT2D eigenvalue weighted by molar-refractivity contribution is 6.03. The second-order valence-corrected chi connectivity index (χ2v) is 5.16.